The summed E-state index contributed by atoms with van der Waals surface area (Å²) in [7, 11) is 0. The van der Waals surface area contributed by atoms with Crippen LogP contribution in [0, 0.1) is 5.92 Å². The summed E-state index contributed by atoms with van der Waals surface area (Å²) in [6.07, 6.45) is 3.00. The zero-order valence-corrected chi connectivity index (χ0v) is 18.8. The van der Waals surface area contributed by atoms with Crippen LogP contribution in [0.5, 0.6) is 0 Å². The zero-order valence-electron chi connectivity index (χ0n) is 18.8. The first-order valence-corrected chi connectivity index (χ1v) is 11.3. The lowest BCUT2D eigenvalue weighted by Crippen LogP contribution is -1.98. The summed E-state index contributed by atoms with van der Waals surface area (Å²) in [6, 6.07) is 26.9. The molecule has 1 heterocycles. The Hall–Kier alpha value is -3.19. The molecule has 0 saturated carbocycles. The minimum atomic E-state index is 0.497. The van der Waals surface area contributed by atoms with Gasteiger partial charge in [-0.2, -0.15) is 0 Å². The molecule has 0 aliphatic heterocycles. The highest BCUT2D eigenvalue weighted by Gasteiger charge is 2.14. The van der Waals surface area contributed by atoms with Crippen molar-refractivity contribution in [2.24, 2.45) is 5.92 Å². The van der Waals surface area contributed by atoms with Crippen molar-refractivity contribution in [3.05, 3.63) is 90.1 Å². The lowest BCUT2D eigenvalue weighted by molar-refractivity contribution is 0.650. The van der Waals surface area contributed by atoms with Gasteiger partial charge in [-0.25, -0.2) is 0 Å². The van der Waals surface area contributed by atoms with E-state index < -0.39 is 0 Å². The molecule has 4 aromatic carbocycles. The maximum absolute atomic E-state index is 4.87. The van der Waals surface area contributed by atoms with Gasteiger partial charge in [-0.1, -0.05) is 76.2 Å². The van der Waals surface area contributed by atoms with Crippen molar-refractivity contribution in [1.82, 2.24) is 4.98 Å². The molecular formula is C30H29N. The second-order valence-electron chi connectivity index (χ2n) is 9.41. The molecule has 0 atom stereocenters. The monoisotopic (exact) mass is 403 g/mol. The number of benzene rings is 4. The molecule has 0 unspecified atom stereocenters. The first-order chi connectivity index (χ1) is 15.0. The van der Waals surface area contributed by atoms with Crippen LogP contribution in [-0.2, 0) is 6.42 Å². The van der Waals surface area contributed by atoms with Crippen LogP contribution in [-0.4, -0.2) is 4.98 Å². The molecule has 5 rings (SSSR count). The van der Waals surface area contributed by atoms with Gasteiger partial charge in [-0.3, -0.25) is 4.98 Å². The van der Waals surface area contributed by atoms with Crippen molar-refractivity contribution >= 4 is 32.3 Å². The normalized spacial score (nSPS) is 11.9. The molecule has 0 spiro atoms. The highest BCUT2D eigenvalue weighted by atomic mass is 14.7. The standard InChI is InChI=1S/C30H29N/c1-19(2)15-25-17-26(16-24-12-10-21-7-5-6-8-27(21)29(24)25)30-28-18-23(20(3)4)11-9-22(28)13-14-31-30/h5-14,16-20H,15H2,1-4H3. The van der Waals surface area contributed by atoms with E-state index >= 15 is 0 Å². The largest absolute Gasteiger partial charge is 0.256 e. The van der Waals surface area contributed by atoms with Gasteiger partial charge in [0.05, 0.1) is 5.69 Å². The van der Waals surface area contributed by atoms with Crippen LogP contribution in [0.4, 0.5) is 0 Å². The molecule has 0 radical (unpaired) electrons. The van der Waals surface area contributed by atoms with E-state index in [0.29, 0.717) is 11.8 Å². The Labute approximate surface area is 184 Å². The molecular weight excluding hydrogens is 374 g/mol. The van der Waals surface area contributed by atoms with Crippen LogP contribution < -0.4 is 0 Å². The second kappa shape index (κ2) is 7.81. The molecule has 0 amide bonds. The number of fused-ring (bicyclic) bond motifs is 4. The topological polar surface area (TPSA) is 12.9 Å². The van der Waals surface area contributed by atoms with Gasteiger partial charge in [0.25, 0.3) is 0 Å². The summed E-state index contributed by atoms with van der Waals surface area (Å²) >= 11 is 0. The fraction of sp³-hybridized carbons (Fsp3) is 0.233. The molecule has 31 heavy (non-hydrogen) atoms. The lowest BCUT2D eigenvalue weighted by atomic mass is 9.89. The third-order valence-electron chi connectivity index (χ3n) is 6.28. The molecule has 0 bridgehead atoms. The molecule has 0 aliphatic rings. The van der Waals surface area contributed by atoms with Crippen molar-refractivity contribution in [1.29, 1.82) is 0 Å². The number of rotatable bonds is 4. The van der Waals surface area contributed by atoms with Crippen molar-refractivity contribution < 1.29 is 0 Å². The summed E-state index contributed by atoms with van der Waals surface area (Å²) in [5.74, 6) is 1.09. The Balaban J connectivity index is 1.82. The van der Waals surface area contributed by atoms with Crippen LogP contribution in [0.3, 0.4) is 0 Å². The quantitative estimate of drug-likeness (QED) is 0.274. The summed E-state index contributed by atoms with van der Waals surface area (Å²) < 4.78 is 0. The Morgan fingerprint density at radius 2 is 1.45 bits per heavy atom. The van der Waals surface area contributed by atoms with Crippen LogP contribution in [0.25, 0.3) is 43.6 Å². The fourth-order valence-corrected chi connectivity index (χ4v) is 4.75. The molecule has 1 heteroatoms. The highest BCUT2D eigenvalue weighted by Crippen LogP contribution is 2.36. The van der Waals surface area contributed by atoms with Crippen LogP contribution in [0.15, 0.2) is 79.0 Å². The van der Waals surface area contributed by atoms with Crippen LogP contribution in [0.2, 0.25) is 0 Å². The molecule has 0 N–H and O–H groups in total. The summed E-state index contributed by atoms with van der Waals surface area (Å²) in [5, 5.41) is 7.82. The van der Waals surface area contributed by atoms with Crippen molar-refractivity contribution in [2.45, 2.75) is 40.0 Å². The van der Waals surface area contributed by atoms with Crippen LogP contribution >= 0.6 is 0 Å². The predicted molar refractivity (Wildman–Crippen MR) is 135 cm³/mol. The van der Waals surface area contributed by atoms with E-state index in [4.69, 9.17) is 4.98 Å². The van der Waals surface area contributed by atoms with Crippen LogP contribution in [0.1, 0.15) is 44.7 Å². The zero-order chi connectivity index (χ0) is 21.5. The van der Waals surface area contributed by atoms with Crippen molar-refractivity contribution in [2.75, 3.05) is 0 Å². The third kappa shape index (κ3) is 3.59. The number of hydrogen-bond donors (Lipinski definition) is 0. The maximum Gasteiger partial charge on any atom is 0.0780 e. The van der Waals surface area contributed by atoms with Gasteiger partial charge in [0.15, 0.2) is 0 Å². The lowest BCUT2D eigenvalue weighted by Gasteiger charge is -2.16. The van der Waals surface area contributed by atoms with Gasteiger partial charge in [0, 0.05) is 17.1 Å². The van der Waals surface area contributed by atoms with E-state index in [-0.39, 0.29) is 0 Å². The van der Waals surface area contributed by atoms with E-state index in [2.05, 4.69) is 100 Å². The summed E-state index contributed by atoms with van der Waals surface area (Å²) in [5.41, 5.74) is 5.07. The second-order valence-corrected chi connectivity index (χ2v) is 9.41. The van der Waals surface area contributed by atoms with Gasteiger partial charge >= 0.3 is 0 Å². The Morgan fingerprint density at radius 3 is 2.26 bits per heavy atom. The van der Waals surface area contributed by atoms with E-state index in [9.17, 15) is 0 Å². The van der Waals surface area contributed by atoms with Gasteiger partial charge in [-0.15, -0.1) is 0 Å². The van der Waals surface area contributed by atoms with Gasteiger partial charge in [-0.05, 0) is 80.6 Å². The number of pyridine rings is 1. The average molecular weight is 404 g/mol. The SMILES string of the molecule is CC(C)Cc1cc(-c2nccc3ccc(C(C)C)cc23)cc2ccc3ccccc3c12. The molecule has 1 nitrogen and oxygen atoms in total. The minimum absolute atomic E-state index is 0.497. The number of hydrogen-bond acceptors (Lipinski definition) is 1. The Kier molecular flexibility index (Phi) is 4.98. The van der Waals surface area contributed by atoms with E-state index in [0.717, 1.165) is 12.1 Å². The molecule has 0 fully saturated rings. The van der Waals surface area contributed by atoms with E-state index in [1.807, 2.05) is 6.20 Å². The average Bonchev–Trinajstić information content (AvgIpc) is 2.77. The van der Waals surface area contributed by atoms with Crippen molar-refractivity contribution in [3.63, 3.8) is 0 Å². The Morgan fingerprint density at radius 1 is 0.710 bits per heavy atom. The molecule has 0 saturated heterocycles. The Bertz CT molecular complexity index is 1410. The molecule has 1 aromatic heterocycles. The number of nitrogens with zero attached hydrogens (tertiary/aromatic N) is 1. The fourth-order valence-electron chi connectivity index (χ4n) is 4.75. The predicted octanol–water partition coefficient (Wildman–Crippen LogP) is 8.53. The summed E-state index contributed by atoms with van der Waals surface area (Å²) in [6.45, 7) is 9.10. The van der Waals surface area contributed by atoms with E-state index in [1.54, 1.807) is 0 Å². The minimum Gasteiger partial charge on any atom is -0.256 e. The summed E-state index contributed by atoms with van der Waals surface area (Å²) in [4.78, 5) is 4.87. The highest BCUT2D eigenvalue weighted by molar-refractivity contribution is 6.11. The number of aromatic nitrogens is 1. The van der Waals surface area contributed by atoms with E-state index in [1.165, 1.54) is 49.0 Å². The first kappa shape index (κ1) is 19.8. The first-order valence-electron chi connectivity index (χ1n) is 11.3. The van der Waals surface area contributed by atoms with Gasteiger partial charge in [0.2, 0.25) is 0 Å². The smallest absolute Gasteiger partial charge is 0.0780 e. The van der Waals surface area contributed by atoms with Gasteiger partial charge < -0.3 is 0 Å². The van der Waals surface area contributed by atoms with Gasteiger partial charge in [0.1, 0.15) is 0 Å². The maximum atomic E-state index is 4.87. The third-order valence-corrected chi connectivity index (χ3v) is 6.28. The molecule has 154 valence electrons. The molecule has 0 aliphatic carbocycles. The molecule has 5 aromatic rings. The van der Waals surface area contributed by atoms with Crippen molar-refractivity contribution in [3.8, 4) is 11.3 Å².